The average Bonchev–Trinajstić information content (AvgIpc) is 3.52. The molecule has 0 spiro atoms. The van der Waals surface area contributed by atoms with Crippen molar-refractivity contribution in [2.24, 2.45) is 0 Å². The van der Waals surface area contributed by atoms with E-state index in [1.54, 1.807) is 0 Å². The lowest BCUT2D eigenvalue weighted by atomic mass is 9.91. The zero-order valence-electron chi connectivity index (χ0n) is 22.6. The highest BCUT2D eigenvalue weighted by Crippen LogP contribution is 2.43. The van der Waals surface area contributed by atoms with E-state index in [0.717, 1.165) is 33.8 Å². The molecule has 3 heterocycles. The van der Waals surface area contributed by atoms with Gasteiger partial charge in [-0.2, -0.15) is 0 Å². The predicted octanol–water partition coefficient (Wildman–Crippen LogP) is 9.73. The second-order valence-electron chi connectivity index (χ2n) is 11.2. The maximum atomic E-state index is 5.20. The number of pyridine rings is 1. The fourth-order valence-electron chi connectivity index (χ4n) is 5.44. The lowest BCUT2D eigenvalue weighted by Gasteiger charge is -2.18. The first-order valence-electron chi connectivity index (χ1n) is 13.3. The number of benzene rings is 4. The molecule has 0 amide bonds. The van der Waals surface area contributed by atoms with Crippen LogP contribution in [0, 0.1) is 6.92 Å². The van der Waals surface area contributed by atoms with Crippen LogP contribution in [0.15, 0.2) is 103 Å². The van der Waals surface area contributed by atoms with Crippen molar-refractivity contribution in [1.29, 1.82) is 0 Å². The Balaban J connectivity index is 1.52. The van der Waals surface area contributed by atoms with Crippen LogP contribution >= 0.6 is 11.3 Å². The van der Waals surface area contributed by atoms with E-state index in [1.807, 2.05) is 17.5 Å². The summed E-state index contributed by atoms with van der Waals surface area (Å²) < 4.78 is 4.86. The highest BCUT2D eigenvalue weighted by atomic mass is 32.1. The second-order valence-corrected chi connectivity index (χ2v) is 12.3. The molecule has 0 saturated carbocycles. The summed E-state index contributed by atoms with van der Waals surface area (Å²) in [6.45, 7) is 8.82. The van der Waals surface area contributed by atoms with Gasteiger partial charge in [-0.15, -0.1) is 11.3 Å². The number of aromatic nitrogens is 3. The maximum absolute atomic E-state index is 5.20. The molecule has 0 fully saturated rings. The van der Waals surface area contributed by atoms with Crippen LogP contribution in [0.1, 0.15) is 32.0 Å². The minimum atomic E-state index is -0.0563. The highest BCUT2D eigenvalue weighted by molar-refractivity contribution is 7.26. The Morgan fingerprint density at radius 3 is 2.26 bits per heavy atom. The van der Waals surface area contributed by atoms with Gasteiger partial charge in [-0.25, -0.2) is 4.98 Å². The molecule has 4 heteroatoms. The van der Waals surface area contributed by atoms with Crippen molar-refractivity contribution >= 4 is 42.5 Å². The number of thiophene rings is 1. The number of imidazole rings is 1. The molecule has 0 aliphatic carbocycles. The Hall–Kier alpha value is -4.28. The SMILES string of the molecule is Cc1ccc(-c2nc3cnc(C(C)(C)C)cc3n2-c2ccccc2)c2sc3cc(-c4ccccc4)ccc3c12. The van der Waals surface area contributed by atoms with Crippen molar-refractivity contribution in [1.82, 2.24) is 14.5 Å². The van der Waals surface area contributed by atoms with Gasteiger partial charge in [0.15, 0.2) is 0 Å². The molecule has 0 atom stereocenters. The van der Waals surface area contributed by atoms with Crippen LogP contribution in [-0.2, 0) is 5.41 Å². The van der Waals surface area contributed by atoms with Gasteiger partial charge in [0.05, 0.1) is 11.7 Å². The molecule has 0 N–H and O–H groups in total. The number of hydrogen-bond donors (Lipinski definition) is 0. The van der Waals surface area contributed by atoms with Crippen molar-refractivity contribution in [3.63, 3.8) is 0 Å². The van der Waals surface area contributed by atoms with Gasteiger partial charge in [0.1, 0.15) is 11.3 Å². The first-order valence-corrected chi connectivity index (χ1v) is 14.2. The van der Waals surface area contributed by atoms with Crippen LogP contribution in [0.5, 0.6) is 0 Å². The van der Waals surface area contributed by atoms with Crippen molar-refractivity contribution in [3.05, 3.63) is 115 Å². The van der Waals surface area contributed by atoms with Crippen LogP contribution in [-0.4, -0.2) is 14.5 Å². The van der Waals surface area contributed by atoms with E-state index in [-0.39, 0.29) is 5.41 Å². The third kappa shape index (κ3) is 3.95. The van der Waals surface area contributed by atoms with Gasteiger partial charge in [0.2, 0.25) is 0 Å². The number of rotatable bonds is 3. The zero-order valence-corrected chi connectivity index (χ0v) is 23.4. The van der Waals surface area contributed by atoms with E-state index in [4.69, 9.17) is 9.97 Å². The Morgan fingerprint density at radius 1 is 0.769 bits per heavy atom. The first-order chi connectivity index (χ1) is 18.9. The summed E-state index contributed by atoms with van der Waals surface area (Å²) in [5.41, 5.74) is 9.00. The average molecular weight is 524 g/mol. The van der Waals surface area contributed by atoms with E-state index in [1.165, 1.54) is 36.9 Å². The topological polar surface area (TPSA) is 30.7 Å². The predicted molar refractivity (Wildman–Crippen MR) is 166 cm³/mol. The quantitative estimate of drug-likeness (QED) is 0.231. The van der Waals surface area contributed by atoms with Crippen molar-refractivity contribution < 1.29 is 0 Å². The number of hydrogen-bond acceptors (Lipinski definition) is 3. The summed E-state index contributed by atoms with van der Waals surface area (Å²) >= 11 is 1.86. The molecule has 7 rings (SSSR count). The lowest BCUT2D eigenvalue weighted by molar-refractivity contribution is 0.570. The van der Waals surface area contributed by atoms with Gasteiger partial charge in [0.25, 0.3) is 0 Å². The van der Waals surface area contributed by atoms with Gasteiger partial charge in [0, 0.05) is 42.5 Å². The summed E-state index contributed by atoms with van der Waals surface area (Å²) in [6, 6.07) is 34.7. The molecule has 3 nitrogen and oxygen atoms in total. The zero-order chi connectivity index (χ0) is 26.7. The molecule has 0 aliphatic rings. The molecule has 0 radical (unpaired) electrons. The van der Waals surface area contributed by atoms with Crippen LogP contribution in [0.3, 0.4) is 0 Å². The van der Waals surface area contributed by atoms with Crippen LogP contribution < -0.4 is 0 Å². The monoisotopic (exact) mass is 523 g/mol. The van der Waals surface area contributed by atoms with Crippen LogP contribution in [0.4, 0.5) is 0 Å². The third-order valence-electron chi connectivity index (χ3n) is 7.50. The number of para-hydroxylation sites is 1. The number of nitrogens with zero attached hydrogens (tertiary/aromatic N) is 3. The Kier molecular flexibility index (Phi) is 5.43. The molecule has 7 aromatic rings. The molecule has 3 aromatic heterocycles. The van der Waals surface area contributed by atoms with Crippen molar-refractivity contribution in [2.75, 3.05) is 0 Å². The van der Waals surface area contributed by atoms with Gasteiger partial charge < -0.3 is 0 Å². The summed E-state index contributed by atoms with van der Waals surface area (Å²) in [6.07, 6.45) is 1.93. The fraction of sp³-hybridized carbons (Fsp3) is 0.143. The molecule has 0 aliphatic heterocycles. The van der Waals surface area contributed by atoms with E-state index >= 15 is 0 Å². The maximum Gasteiger partial charge on any atom is 0.147 e. The Labute approximate surface area is 232 Å². The first kappa shape index (κ1) is 23.8. The smallest absolute Gasteiger partial charge is 0.147 e. The Bertz CT molecular complexity index is 1990. The summed E-state index contributed by atoms with van der Waals surface area (Å²) in [5, 5.41) is 2.61. The van der Waals surface area contributed by atoms with Gasteiger partial charge >= 0.3 is 0 Å². The van der Waals surface area contributed by atoms with Crippen molar-refractivity contribution in [3.8, 4) is 28.2 Å². The van der Waals surface area contributed by atoms with E-state index < -0.39 is 0 Å². The molecule has 190 valence electrons. The number of aryl methyl sites for hydroxylation is 1. The lowest BCUT2D eigenvalue weighted by Crippen LogP contribution is -2.13. The molecule has 0 unspecified atom stereocenters. The van der Waals surface area contributed by atoms with E-state index in [0.29, 0.717) is 0 Å². The van der Waals surface area contributed by atoms with Crippen LogP contribution in [0.25, 0.3) is 59.4 Å². The largest absolute Gasteiger partial charge is 0.292 e. The minimum Gasteiger partial charge on any atom is -0.292 e. The number of fused-ring (bicyclic) bond motifs is 4. The molecule has 0 saturated heterocycles. The van der Waals surface area contributed by atoms with E-state index in [2.05, 4.69) is 129 Å². The summed E-state index contributed by atoms with van der Waals surface area (Å²) in [7, 11) is 0. The van der Waals surface area contributed by atoms with Crippen LogP contribution in [0.2, 0.25) is 0 Å². The minimum absolute atomic E-state index is 0.0563. The van der Waals surface area contributed by atoms with Gasteiger partial charge in [-0.05, 0) is 53.9 Å². The Morgan fingerprint density at radius 2 is 1.51 bits per heavy atom. The van der Waals surface area contributed by atoms with Gasteiger partial charge in [-0.1, -0.05) is 87.5 Å². The summed E-state index contributed by atoms with van der Waals surface area (Å²) in [5.74, 6) is 0.948. The summed E-state index contributed by atoms with van der Waals surface area (Å²) in [4.78, 5) is 10.0. The fourth-order valence-corrected chi connectivity index (χ4v) is 6.77. The second kappa shape index (κ2) is 8.89. The highest BCUT2D eigenvalue weighted by Gasteiger charge is 2.22. The molecule has 0 bridgehead atoms. The third-order valence-corrected chi connectivity index (χ3v) is 8.69. The molecule has 39 heavy (non-hydrogen) atoms. The van der Waals surface area contributed by atoms with Gasteiger partial charge in [-0.3, -0.25) is 9.55 Å². The molecular weight excluding hydrogens is 494 g/mol. The normalized spacial score (nSPS) is 12.1. The molecule has 4 aromatic carbocycles. The standard InChI is InChI=1S/C35H29N3S/c1-22-15-17-27(33-32(22)26-18-16-24(19-30(26)39-33)23-11-7-5-8-12-23)34-37-28-21-36-31(35(2,3)4)20-29(28)38(34)25-13-9-6-10-14-25/h5-21H,1-4H3. The molecular formula is C35H29N3S. The van der Waals surface area contributed by atoms with E-state index in [9.17, 15) is 0 Å². The van der Waals surface area contributed by atoms with Crippen molar-refractivity contribution in [2.45, 2.75) is 33.1 Å².